The van der Waals surface area contributed by atoms with Gasteiger partial charge in [0.25, 0.3) is 0 Å². The molecule has 182 valence electrons. The largest absolute Gasteiger partial charge is 0.417 e. The van der Waals surface area contributed by atoms with Gasteiger partial charge in [0.1, 0.15) is 0 Å². The zero-order valence-corrected chi connectivity index (χ0v) is 20.2. The maximum absolute atomic E-state index is 13.6. The highest BCUT2D eigenvalue weighted by molar-refractivity contribution is 6.01. The van der Waals surface area contributed by atoms with Gasteiger partial charge >= 0.3 is 6.61 Å². The number of carbonyl (C=O) groups excluding carboxylic acids is 1. The molecule has 0 saturated heterocycles. The van der Waals surface area contributed by atoms with E-state index in [2.05, 4.69) is 46.0 Å². The van der Waals surface area contributed by atoms with Gasteiger partial charge in [-0.2, -0.15) is 19.0 Å². The topological polar surface area (TPSA) is 75.9 Å². The lowest BCUT2D eigenvalue weighted by atomic mass is 9.58. The number of pyridine rings is 1. The summed E-state index contributed by atoms with van der Waals surface area (Å²) in [5, 5.41) is 12.1. The van der Waals surface area contributed by atoms with Crippen LogP contribution in [0.25, 0.3) is 11.1 Å². The van der Waals surface area contributed by atoms with Crippen LogP contribution in [-0.4, -0.2) is 23.5 Å². The molecule has 2 unspecified atom stereocenters. The van der Waals surface area contributed by atoms with Crippen molar-refractivity contribution in [2.24, 2.45) is 15.6 Å². The Hall–Kier alpha value is -3.42. The number of nitrogens with zero attached hydrogens (tertiary/aromatic N) is 3. The van der Waals surface area contributed by atoms with Crippen molar-refractivity contribution in [2.45, 2.75) is 65.1 Å². The van der Waals surface area contributed by atoms with Crippen molar-refractivity contribution >= 4 is 5.78 Å². The van der Waals surface area contributed by atoms with Gasteiger partial charge in [-0.3, -0.25) is 4.79 Å². The van der Waals surface area contributed by atoms with Gasteiger partial charge in [-0.1, -0.05) is 39.0 Å². The van der Waals surface area contributed by atoms with Crippen LogP contribution in [0.2, 0.25) is 0 Å². The molecule has 0 saturated carbocycles. The Morgan fingerprint density at radius 3 is 2.71 bits per heavy atom. The van der Waals surface area contributed by atoms with E-state index in [9.17, 15) is 13.6 Å². The van der Waals surface area contributed by atoms with Crippen molar-refractivity contribution in [2.75, 3.05) is 0 Å². The normalized spacial score (nSPS) is 24.7. The summed E-state index contributed by atoms with van der Waals surface area (Å²) >= 11 is 0. The molecule has 1 aromatic heterocycles. The van der Waals surface area contributed by atoms with Crippen LogP contribution >= 0.6 is 0 Å². The number of aryl methyl sites for hydroxylation is 1. The highest BCUT2D eigenvalue weighted by Crippen LogP contribution is 2.54. The molecule has 3 heterocycles. The SMILES string of the molecule is CCC1(c2cccc(-c3cc(C)nc(OC(F)F)c3)c2)C2=CN=NC2NC2=C1C(=O)CC(C)(C)C2. The van der Waals surface area contributed by atoms with Gasteiger partial charge in [-0.05, 0) is 54.0 Å². The van der Waals surface area contributed by atoms with Crippen molar-refractivity contribution in [1.29, 1.82) is 0 Å². The third kappa shape index (κ3) is 3.94. The first-order valence-corrected chi connectivity index (χ1v) is 11.8. The van der Waals surface area contributed by atoms with Gasteiger partial charge in [0.15, 0.2) is 11.9 Å². The Kier molecular flexibility index (Phi) is 5.57. The molecular formula is C27H28F2N4O2. The van der Waals surface area contributed by atoms with Crippen LogP contribution in [-0.2, 0) is 10.2 Å². The van der Waals surface area contributed by atoms with Crippen LogP contribution in [0, 0.1) is 12.3 Å². The number of Topliss-reactive ketones (excluding diaryl/α,β-unsaturated/α-hetero) is 1. The Labute approximate surface area is 203 Å². The number of ether oxygens (including phenoxy) is 1. The lowest BCUT2D eigenvalue weighted by Crippen LogP contribution is -2.51. The van der Waals surface area contributed by atoms with Crippen LogP contribution in [0.1, 0.15) is 51.3 Å². The summed E-state index contributed by atoms with van der Waals surface area (Å²) in [4.78, 5) is 17.7. The Bertz CT molecular complexity index is 1300. The summed E-state index contributed by atoms with van der Waals surface area (Å²) in [5.41, 5.74) is 4.93. The molecule has 3 aliphatic rings. The number of fused-ring (bicyclic) bond motifs is 1. The summed E-state index contributed by atoms with van der Waals surface area (Å²) in [6, 6.07) is 11.3. The molecule has 6 nitrogen and oxygen atoms in total. The predicted molar refractivity (Wildman–Crippen MR) is 128 cm³/mol. The zero-order chi connectivity index (χ0) is 25.0. The van der Waals surface area contributed by atoms with Gasteiger partial charge in [0, 0.05) is 35.0 Å². The molecule has 1 aromatic carbocycles. The molecule has 5 rings (SSSR count). The number of azo groups is 1. The lowest BCUT2D eigenvalue weighted by Gasteiger charge is -2.47. The number of allylic oxidation sites excluding steroid dienone is 2. The number of halogens is 2. The van der Waals surface area contributed by atoms with E-state index in [1.165, 1.54) is 6.07 Å². The van der Waals surface area contributed by atoms with E-state index in [1.807, 2.05) is 30.3 Å². The molecule has 1 N–H and O–H groups in total. The zero-order valence-electron chi connectivity index (χ0n) is 20.2. The maximum Gasteiger partial charge on any atom is 0.388 e. The van der Waals surface area contributed by atoms with Gasteiger partial charge in [-0.25, -0.2) is 4.98 Å². The fourth-order valence-electron chi connectivity index (χ4n) is 5.81. The molecule has 2 aromatic rings. The summed E-state index contributed by atoms with van der Waals surface area (Å²) in [6.45, 7) is 5.08. The number of carbonyl (C=O) groups is 1. The van der Waals surface area contributed by atoms with Crippen molar-refractivity contribution in [3.05, 3.63) is 70.7 Å². The minimum absolute atomic E-state index is 0.127. The lowest BCUT2D eigenvalue weighted by molar-refractivity contribution is -0.119. The number of nitrogens with one attached hydrogen (secondary N) is 1. The number of hydrogen-bond donors (Lipinski definition) is 1. The van der Waals surface area contributed by atoms with Crippen LogP contribution in [0.3, 0.4) is 0 Å². The monoisotopic (exact) mass is 478 g/mol. The van der Waals surface area contributed by atoms with E-state index in [0.29, 0.717) is 24.1 Å². The molecule has 2 atom stereocenters. The first kappa shape index (κ1) is 23.3. The minimum atomic E-state index is -2.95. The third-order valence-corrected chi connectivity index (χ3v) is 7.14. The predicted octanol–water partition coefficient (Wildman–Crippen LogP) is 6.23. The molecule has 8 heteroatoms. The maximum atomic E-state index is 13.6. The van der Waals surface area contributed by atoms with Crippen LogP contribution < -0.4 is 10.1 Å². The van der Waals surface area contributed by atoms with E-state index in [-0.39, 0.29) is 23.2 Å². The fraction of sp³-hybridized carbons (Fsp3) is 0.407. The number of aromatic nitrogens is 1. The summed E-state index contributed by atoms with van der Waals surface area (Å²) in [7, 11) is 0. The second kappa shape index (κ2) is 8.36. The number of ketones is 1. The van der Waals surface area contributed by atoms with E-state index in [1.54, 1.807) is 13.1 Å². The van der Waals surface area contributed by atoms with Crippen LogP contribution in [0.15, 0.2) is 69.7 Å². The molecular weight excluding hydrogens is 450 g/mol. The molecule has 0 spiro atoms. The van der Waals surface area contributed by atoms with Crippen LogP contribution in [0.4, 0.5) is 8.78 Å². The molecule has 0 amide bonds. The Morgan fingerprint density at radius 2 is 1.97 bits per heavy atom. The van der Waals surface area contributed by atoms with E-state index in [4.69, 9.17) is 0 Å². The molecule has 2 aliphatic heterocycles. The van der Waals surface area contributed by atoms with Crippen molar-refractivity contribution in [3.63, 3.8) is 0 Å². The summed E-state index contributed by atoms with van der Waals surface area (Å²) in [5.74, 6) is 0.00736. The summed E-state index contributed by atoms with van der Waals surface area (Å²) in [6.07, 6.45) is 3.35. The smallest absolute Gasteiger partial charge is 0.388 e. The number of benzene rings is 1. The first-order chi connectivity index (χ1) is 16.6. The molecule has 1 aliphatic carbocycles. The average Bonchev–Trinajstić information content (AvgIpc) is 3.25. The van der Waals surface area contributed by atoms with E-state index < -0.39 is 12.0 Å². The fourth-order valence-corrected chi connectivity index (χ4v) is 5.81. The third-order valence-electron chi connectivity index (χ3n) is 7.14. The molecule has 0 bridgehead atoms. The number of alkyl halides is 2. The Morgan fingerprint density at radius 1 is 1.17 bits per heavy atom. The minimum Gasteiger partial charge on any atom is -0.417 e. The first-order valence-electron chi connectivity index (χ1n) is 11.8. The molecule has 0 fully saturated rings. The van der Waals surface area contributed by atoms with Gasteiger partial charge in [0.05, 0.1) is 11.6 Å². The second-order valence-electron chi connectivity index (χ2n) is 10.2. The number of rotatable bonds is 5. The number of hydrogen-bond acceptors (Lipinski definition) is 6. The highest BCUT2D eigenvalue weighted by Gasteiger charge is 2.52. The van der Waals surface area contributed by atoms with Crippen molar-refractivity contribution in [3.8, 4) is 17.0 Å². The van der Waals surface area contributed by atoms with Crippen molar-refractivity contribution < 1.29 is 18.3 Å². The van der Waals surface area contributed by atoms with E-state index in [0.717, 1.165) is 34.4 Å². The van der Waals surface area contributed by atoms with E-state index >= 15 is 0 Å². The standard InChI is InChI=1S/C27H28F2N4O2/c1-5-27(19-14-30-33-24(19)32-20-12-26(3,4)13-21(34)23(20)27)18-8-6-7-16(10-18)17-9-15(2)31-22(11-17)35-25(28)29/h6-11,14,24-25,32H,5,12-13H2,1-4H3. The highest BCUT2D eigenvalue weighted by atomic mass is 19.3. The van der Waals surface area contributed by atoms with Crippen molar-refractivity contribution in [1.82, 2.24) is 10.3 Å². The molecule has 35 heavy (non-hydrogen) atoms. The molecule has 0 radical (unpaired) electrons. The van der Waals surface area contributed by atoms with Gasteiger partial charge in [-0.15, -0.1) is 0 Å². The quantitative estimate of drug-likeness (QED) is 0.553. The van der Waals surface area contributed by atoms with Gasteiger partial charge in [0.2, 0.25) is 5.88 Å². The van der Waals surface area contributed by atoms with Gasteiger partial charge < -0.3 is 10.1 Å². The second-order valence-corrected chi connectivity index (χ2v) is 10.2. The summed E-state index contributed by atoms with van der Waals surface area (Å²) < 4.78 is 30.2. The Balaban J connectivity index is 1.68. The average molecular weight is 479 g/mol. The van der Waals surface area contributed by atoms with Crippen LogP contribution in [0.5, 0.6) is 5.88 Å².